The highest BCUT2D eigenvalue weighted by atomic mass is 32.2. The molecule has 0 aliphatic heterocycles. The monoisotopic (exact) mass is 548 g/mol. The van der Waals surface area contributed by atoms with Crippen LogP contribution in [-0.4, -0.2) is 50.3 Å². The molecule has 0 saturated heterocycles. The molecule has 0 bridgehead atoms. The molecule has 0 fully saturated rings. The minimum Gasteiger partial charge on any atom is -0.407 e. The smallest absolute Gasteiger partial charge is 0.289 e. The van der Waals surface area contributed by atoms with Gasteiger partial charge >= 0.3 is 0 Å². The highest BCUT2D eigenvalue weighted by Crippen LogP contribution is 2.38. The Morgan fingerprint density at radius 1 is 1.32 bits per heavy atom. The maximum atomic E-state index is 13.9. The summed E-state index contributed by atoms with van der Waals surface area (Å²) in [5, 5.41) is 21.8. The minimum atomic E-state index is -4.33. The third-order valence-corrected chi connectivity index (χ3v) is 13.4. The lowest BCUT2D eigenvalue weighted by molar-refractivity contribution is -0.387. The van der Waals surface area contributed by atoms with Crippen LogP contribution < -0.4 is 0 Å². The number of allylic oxidation sites excluding steroid dienone is 3. The van der Waals surface area contributed by atoms with Gasteiger partial charge in [-0.15, -0.1) is 13.2 Å². The molecule has 0 aromatic heterocycles. The van der Waals surface area contributed by atoms with Gasteiger partial charge in [0.15, 0.2) is 13.2 Å². The van der Waals surface area contributed by atoms with Crippen LogP contribution >= 0.6 is 0 Å². The van der Waals surface area contributed by atoms with E-state index in [-0.39, 0.29) is 17.5 Å². The quantitative estimate of drug-likeness (QED) is 0.150. The van der Waals surface area contributed by atoms with Crippen molar-refractivity contribution in [2.75, 3.05) is 13.2 Å². The minimum absolute atomic E-state index is 0.0170. The van der Waals surface area contributed by atoms with E-state index in [0.29, 0.717) is 17.7 Å². The average Bonchev–Trinajstić information content (AvgIpc) is 2.84. The van der Waals surface area contributed by atoms with Gasteiger partial charge in [0.25, 0.3) is 15.7 Å². The van der Waals surface area contributed by atoms with Gasteiger partial charge in [0.1, 0.15) is 0 Å². The van der Waals surface area contributed by atoms with Crippen LogP contribution in [0.2, 0.25) is 18.1 Å². The first-order chi connectivity index (χ1) is 17.2. The summed E-state index contributed by atoms with van der Waals surface area (Å²) in [7, 11) is -6.53. The van der Waals surface area contributed by atoms with Gasteiger partial charge in [0.2, 0.25) is 0 Å². The van der Waals surface area contributed by atoms with Crippen molar-refractivity contribution in [3.05, 3.63) is 83.1 Å². The molecule has 0 amide bonds. The van der Waals surface area contributed by atoms with Crippen molar-refractivity contribution in [1.82, 2.24) is 4.31 Å². The molecule has 0 heterocycles. The summed E-state index contributed by atoms with van der Waals surface area (Å²) in [6.45, 7) is 17.7. The standard InChI is InChI=1S/C27H40N2O6SSi/c1-8-21-13-12-14-23(17-21)28(36(33,34)26-16-11-10-15-25(26)29(31)32)19-22(20-30)18-24(9-2)35-37(6,7)27(3,4)5/h8-11,15-18,21,24,30H,1-2,12-14,19-20H2,3-7H3/b22-18-/t21-,24-/m0/s1. The van der Waals surface area contributed by atoms with Gasteiger partial charge in [-0.3, -0.25) is 14.4 Å². The van der Waals surface area contributed by atoms with E-state index in [1.807, 2.05) is 6.08 Å². The van der Waals surface area contributed by atoms with E-state index >= 15 is 0 Å². The van der Waals surface area contributed by atoms with Crippen LogP contribution in [0.5, 0.6) is 0 Å². The van der Waals surface area contributed by atoms with E-state index in [9.17, 15) is 23.6 Å². The number of hydrogen-bond acceptors (Lipinski definition) is 6. The predicted octanol–water partition coefficient (Wildman–Crippen LogP) is 5.95. The number of benzene rings is 1. The van der Waals surface area contributed by atoms with Gasteiger partial charge in [-0.05, 0) is 61.0 Å². The van der Waals surface area contributed by atoms with Gasteiger partial charge in [0, 0.05) is 11.8 Å². The molecule has 37 heavy (non-hydrogen) atoms. The van der Waals surface area contributed by atoms with E-state index in [4.69, 9.17) is 4.43 Å². The van der Waals surface area contributed by atoms with Crippen molar-refractivity contribution in [2.24, 2.45) is 5.92 Å². The second kappa shape index (κ2) is 12.3. The highest BCUT2D eigenvalue weighted by molar-refractivity contribution is 7.89. The van der Waals surface area contributed by atoms with Crippen molar-refractivity contribution in [1.29, 1.82) is 0 Å². The van der Waals surface area contributed by atoms with E-state index in [1.165, 1.54) is 28.6 Å². The SMILES string of the molecule is C=C[C@@H]1C=C(N(C/C(=C/[C@H](C=C)O[Si](C)(C)C(C)(C)C)CO)S(=O)(=O)c2ccccc2[N+](=O)[O-])CCC1. The molecule has 1 aliphatic carbocycles. The number of para-hydroxylation sites is 1. The van der Waals surface area contributed by atoms with Crippen LogP contribution in [0.25, 0.3) is 0 Å². The molecule has 0 saturated carbocycles. The van der Waals surface area contributed by atoms with E-state index in [2.05, 4.69) is 47.0 Å². The van der Waals surface area contributed by atoms with Crippen LogP contribution in [0.15, 0.2) is 77.9 Å². The van der Waals surface area contributed by atoms with E-state index in [1.54, 1.807) is 18.2 Å². The molecule has 2 rings (SSSR count). The Bertz CT molecular complexity index is 1170. The fourth-order valence-corrected chi connectivity index (χ4v) is 6.74. The fraction of sp³-hybridized carbons (Fsp3) is 0.481. The Hall–Kier alpha value is -2.53. The maximum Gasteiger partial charge on any atom is 0.289 e. The fourth-order valence-electron chi connectivity index (χ4n) is 3.85. The second-order valence-electron chi connectivity index (χ2n) is 10.7. The summed E-state index contributed by atoms with van der Waals surface area (Å²) >= 11 is 0. The van der Waals surface area contributed by atoms with Crippen molar-refractivity contribution in [3.63, 3.8) is 0 Å². The predicted molar refractivity (Wildman–Crippen MR) is 150 cm³/mol. The maximum absolute atomic E-state index is 13.9. The van der Waals surface area contributed by atoms with Gasteiger partial charge < -0.3 is 9.53 Å². The number of nitrogens with zero attached hydrogens (tertiary/aromatic N) is 2. The van der Waals surface area contributed by atoms with E-state index < -0.39 is 46.6 Å². The molecule has 0 spiro atoms. The van der Waals surface area contributed by atoms with Crippen LogP contribution in [-0.2, 0) is 14.4 Å². The Morgan fingerprint density at radius 3 is 2.51 bits per heavy atom. The molecule has 1 aromatic carbocycles. The topological polar surface area (TPSA) is 110 Å². The summed E-state index contributed by atoms with van der Waals surface area (Å²) in [6.07, 6.45) is 8.47. The van der Waals surface area contributed by atoms with Crippen molar-refractivity contribution >= 4 is 24.0 Å². The van der Waals surface area contributed by atoms with Crippen LogP contribution in [0.4, 0.5) is 5.69 Å². The molecular formula is C27H40N2O6SSi. The highest BCUT2D eigenvalue weighted by Gasteiger charge is 2.39. The Kier molecular flexibility index (Phi) is 10.2. The lowest BCUT2D eigenvalue weighted by Gasteiger charge is -2.38. The molecular weight excluding hydrogens is 508 g/mol. The zero-order valence-corrected chi connectivity index (χ0v) is 24.3. The third kappa shape index (κ3) is 7.50. The van der Waals surface area contributed by atoms with Crippen molar-refractivity contribution in [2.45, 2.75) is 69.2 Å². The summed E-state index contributed by atoms with van der Waals surface area (Å²) < 4.78 is 35.4. The number of rotatable bonds is 12. The normalized spacial score (nSPS) is 18.1. The average molecular weight is 549 g/mol. The molecule has 2 atom stereocenters. The molecule has 10 heteroatoms. The molecule has 8 nitrogen and oxygen atoms in total. The number of aliphatic hydroxyl groups is 1. The Morgan fingerprint density at radius 2 is 1.97 bits per heavy atom. The third-order valence-electron chi connectivity index (χ3n) is 7.05. The summed E-state index contributed by atoms with van der Waals surface area (Å²) in [4.78, 5) is 10.6. The largest absolute Gasteiger partial charge is 0.407 e. The summed E-state index contributed by atoms with van der Waals surface area (Å²) in [5.41, 5.74) is 0.436. The Labute approximate surface area is 222 Å². The number of aliphatic hydroxyl groups excluding tert-OH is 1. The number of nitro groups is 1. The first kappa shape index (κ1) is 30.7. The summed E-state index contributed by atoms with van der Waals surface area (Å²) in [6, 6.07) is 5.31. The lowest BCUT2D eigenvalue weighted by atomic mass is 9.94. The zero-order chi connectivity index (χ0) is 28.0. The number of nitro benzene ring substituents is 1. The van der Waals surface area contributed by atoms with Crippen LogP contribution in [0, 0.1) is 16.0 Å². The van der Waals surface area contributed by atoms with Gasteiger partial charge in [-0.25, -0.2) is 8.42 Å². The number of sulfonamides is 1. The van der Waals surface area contributed by atoms with E-state index in [0.717, 1.165) is 12.8 Å². The first-order valence-corrected chi connectivity index (χ1v) is 16.7. The van der Waals surface area contributed by atoms with Crippen molar-refractivity contribution in [3.8, 4) is 0 Å². The van der Waals surface area contributed by atoms with Crippen LogP contribution in [0.1, 0.15) is 40.0 Å². The first-order valence-electron chi connectivity index (χ1n) is 12.4. The molecule has 1 aliphatic rings. The molecule has 0 unspecified atom stereocenters. The summed E-state index contributed by atoms with van der Waals surface area (Å²) in [5.74, 6) is -0.0170. The lowest BCUT2D eigenvalue weighted by Crippen LogP contribution is -2.43. The van der Waals surface area contributed by atoms with Crippen molar-refractivity contribution < 1.29 is 22.9 Å². The molecule has 0 radical (unpaired) electrons. The Balaban J connectivity index is 2.59. The molecule has 204 valence electrons. The molecule has 1 N–H and O–H groups in total. The van der Waals surface area contributed by atoms with Gasteiger partial charge in [-0.2, -0.15) is 0 Å². The van der Waals surface area contributed by atoms with Gasteiger partial charge in [-0.1, -0.05) is 51.1 Å². The zero-order valence-electron chi connectivity index (χ0n) is 22.5. The van der Waals surface area contributed by atoms with Gasteiger partial charge in [0.05, 0.1) is 24.2 Å². The van der Waals surface area contributed by atoms with Crippen LogP contribution in [0.3, 0.4) is 0 Å². The number of hydrogen-bond donors (Lipinski definition) is 1. The second-order valence-corrected chi connectivity index (χ2v) is 17.3. The molecule has 1 aromatic rings.